The SMILES string of the molecule is CCSc1nnc(NC(=O)CCSc2ccc(C)cc2)s1. The number of benzene rings is 1. The zero-order valence-corrected chi connectivity index (χ0v) is 14.4. The number of hydrogen-bond acceptors (Lipinski definition) is 6. The summed E-state index contributed by atoms with van der Waals surface area (Å²) in [7, 11) is 0. The number of anilines is 1. The third kappa shape index (κ3) is 5.68. The summed E-state index contributed by atoms with van der Waals surface area (Å²) in [5, 5.41) is 11.3. The van der Waals surface area contributed by atoms with Crippen LogP contribution in [-0.4, -0.2) is 27.6 Å². The van der Waals surface area contributed by atoms with Crippen LogP contribution in [0.25, 0.3) is 0 Å². The highest BCUT2D eigenvalue weighted by Gasteiger charge is 2.08. The summed E-state index contributed by atoms with van der Waals surface area (Å²) < 4.78 is 0.891. The molecule has 1 heterocycles. The minimum Gasteiger partial charge on any atom is -0.300 e. The number of carbonyl (C=O) groups excluding carboxylic acids is 1. The van der Waals surface area contributed by atoms with Crippen molar-refractivity contribution >= 4 is 45.9 Å². The van der Waals surface area contributed by atoms with Crippen LogP contribution in [-0.2, 0) is 4.79 Å². The summed E-state index contributed by atoms with van der Waals surface area (Å²) in [6.45, 7) is 4.13. The Morgan fingerprint density at radius 3 is 2.71 bits per heavy atom. The Morgan fingerprint density at radius 1 is 1.24 bits per heavy atom. The normalized spacial score (nSPS) is 10.6. The molecule has 0 radical (unpaired) electrons. The van der Waals surface area contributed by atoms with Gasteiger partial charge >= 0.3 is 0 Å². The van der Waals surface area contributed by atoms with Crippen LogP contribution >= 0.6 is 34.9 Å². The molecule has 7 heteroatoms. The van der Waals surface area contributed by atoms with Gasteiger partial charge in [0.25, 0.3) is 0 Å². The minimum absolute atomic E-state index is 0.0150. The van der Waals surface area contributed by atoms with E-state index in [2.05, 4.69) is 53.6 Å². The smallest absolute Gasteiger partial charge is 0.227 e. The van der Waals surface area contributed by atoms with Crippen molar-refractivity contribution < 1.29 is 4.79 Å². The Labute approximate surface area is 137 Å². The molecule has 21 heavy (non-hydrogen) atoms. The Hall–Kier alpha value is -1.05. The lowest BCUT2D eigenvalue weighted by atomic mass is 10.2. The van der Waals surface area contributed by atoms with Crippen LogP contribution in [0.1, 0.15) is 18.9 Å². The van der Waals surface area contributed by atoms with Crippen molar-refractivity contribution in [3.8, 4) is 0 Å². The largest absolute Gasteiger partial charge is 0.300 e. The van der Waals surface area contributed by atoms with Gasteiger partial charge in [0.2, 0.25) is 11.0 Å². The van der Waals surface area contributed by atoms with Crippen molar-refractivity contribution in [3.05, 3.63) is 29.8 Å². The summed E-state index contributed by atoms with van der Waals surface area (Å²) in [5.74, 6) is 1.69. The Morgan fingerprint density at radius 2 is 2.00 bits per heavy atom. The van der Waals surface area contributed by atoms with Gasteiger partial charge in [-0.1, -0.05) is 47.7 Å². The standard InChI is InChI=1S/C14H17N3OS3/c1-3-19-14-17-16-13(21-14)15-12(18)8-9-20-11-6-4-10(2)5-7-11/h4-7H,3,8-9H2,1-2H3,(H,15,16,18). The molecule has 1 aromatic heterocycles. The maximum Gasteiger partial charge on any atom is 0.227 e. The lowest BCUT2D eigenvalue weighted by Crippen LogP contribution is -2.11. The molecule has 0 bridgehead atoms. The van der Waals surface area contributed by atoms with Gasteiger partial charge in [-0.15, -0.1) is 22.0 Å². The van der Waals surface area contributed by atoms with Crippen molar-refractivity contribution in [2.24, 2.45) is 0 Å². The van der Waals surface area contributed by atoms with Gasteiger partial charge in [-0.05, 0) is 24.8 Å². The third-order valence-corrected chi connectivity index (χ3v) is 5.41. The molecule has 0 saturated carbocycles. The van der Waals surface area contributed by atoms with Gasteiger partial charge in [-0.25, -0.2) is 0 Å². The highest BCUT2D eigenvalue weighted by Crippen LogP contribution is 2.25. The Balaban J connectivity index is 1.72. The molecule has 2 rings (SSSR count). The molecule has 1 amide bonds. The first-order valence-corrected chi connectivity index (χ1v) is 9.41. The first-order chi connectivity index (χ1) is 10.2. The zero-order valence-electron chi connectivity index (χ0n) is 12.0. The van der Waals surface area contributed by atoms with E-state index in [0.29, 0.717) is 11.6 Å². The molecular formula is C14H17N3OS3. The maximum absolute atomic E-state index is 11.8. The third-order valence-electron chi connectivity index (χ3n) is 2.54. The van der Waals surface area contributed by atoms with Crippen LogP contribution in [0.4, 0.5) is 5.13 Å². The topological polar surface area (TPSA) is 54.9 Å². The van der Waals surface area contributed by atoms with E-state index >= 15 is 0 Å². The first kappa shape index (κ1) is 16.3. The van der Waals surface area contributed by atoms with Gasteiger partial charge in [-0.3, -0.25) is 4.79 Å². The van der Waals surface area contributed by atoms with Crippen LogP contribution < -0.4 is 5.32 Å². The predicted molar refractivity (Wildman–Crippen MR) is 91.5 cm³/mol. The lowest BCUT2D eigenvalue weighted by molar-refractivity contribution is -0.115. The number of hydrogen-bond donors (Lipinski definition) is 1. The summed E-state index contributed by atoms with van der Waals surface area (Å²) in [6, 6.07) is 8.32. The van der Waals surface area contributed by atoms with Gasteiger partial charge in [0, 0.05) is 17.1 Å². The summed E-state index contributed by atoms with van der Waals surface area (Å²) in [6.07, 6.45) is 0.467. The number of aromatic nitrogens is 2. The van der Waals surface area contributed by atoms with Crippen molar-refractivity contribution in [1.82, 2.24) is 10.2 Å². The maximum atomic E-state index is 11.8. The van der Waals surface area contributed by atoms with E-state index < -0.39 is 0 Å². The molecule has 0 aliphatic heterocycles. The van der Waals surface area contributed by atoms with Crippen LogP contribution in [0, 0.1) is 6.92 Å². The van der Waals surface area contributed by atoms with Crippen LogP contribution in [0.3, 0.4) is 0 Å². The van der Waals surface area contributed by atoms with E-state index in [1.165, 1.54) is 21.8 Å². The van der Waals surface area contributed by atoms with E-state index in [9.17, 15) is 4.79 Å². The molecule has 0 unspecified atom stereocenters. The van der Waals surface area contributed by atoms with Crippen molar-refractivity contribution in [3.63, 3.8) is 0 Å². The van der Waals surface area contributed by atoms with E-state index in [1.807, 2.05) is 0 Å². The molecule has 0 fully saturated rings. The van der Waals surface area contributed by atoms with E-state index in [0.717, 1.165) is 15.8 Å². The molecule has 2 aromatic rings. The second kappa shape index (κ2) is 8.41. The van der Waals surface area contributed by atoms with Gasteiger partial charge in [-0.2, -0.15) is 0 Å². The number of nitrogens with one attached hydrogen (secondary N) is 1. The number of rotatable bonds is 7. The quantitative estimate of drug-likeness (QED) is 0.608. The lowest BCUT2D eigenvalue weighted by Gasteiger charge is -2.02. The molecule has 4 nitrogen and oxygen atoms in total. The van der Waals surface area contributed by atoms with Crippen molar-refractivity contribution in [2.45, 2.75) is 29.5 Å². The average Bonchev–Trinajstić information content (AvgIpc) is 2.89. The Bertz CT molecular complexity index is 583. The molecule has 112 valence electrons. The minimum atomic E-state index is -0.0150. The van der Waals surface area contributed by atoms with Crippen LogP contribution in [0.2, 0.25) is 0 Å². The molecule has 0 aliphatic carbocycles. The van der Waals surface area contributed by atoms with Gasteiger partial charge in [0.05, 0.1) is 0 Å². The highest BCUT2D eigenvalue weighted by atomic mass is 32.2. The second-order valence-electron chi connectivity index (χ2n) is 4.27. The number of aryl methyl sites for hydroxylation is 1. The monoisotopic (exact) mass is 339 g/mol. The highest BCUT2D eigenvalue weighted by molar-refractivity contribution is 8.01. The average molecular weight is 340 g/mol. The molecule has 0 spiro atoms. The molecule has 0 saturated heterocycles. The fraction of sp³-hybridized carbons (Fsp3) is 0.357. The van der Waals surface area contributed by atoms with Gasteiger partial charge in [0.15, 0.2) is 4.34 Å². The summed E-state index contributed by atoms with van der Waals surface area (Å²) in [5.41, 5.74) is 1.24. The number of amides is 1. The summed E-state index contributed by atoms with van der Waals surface area (Å²) >= 11 is 4.73. The molecule has 0 aliphatic rings. The van der Waals surface area contributed by atoms with Gasteiger partial charge < -0.3 is 5.32 Å². The Kier molecular flexibility index (Phi) is 6.53. The van der Waals surface area contributed by atoms with E-state index in [4.69, 9.17) is 0 Å². The molecule has 1 aromatic carbocycles. The fourth-order valence-electron chi connectivity index (χ4n) is 1.52. The number of nitrogens with zero attached hydrogens (tertiary/aromatic N) is 2. The number of carbonyl (C=O) groups is 1. The van der Waals surface area contributed by atoms with Crippen LogP contribution in [0.5, 0.6) is 0 Å². The first-order valence-electron chi connectivity index (χ1n) is 6.63. The van der Waals surface area contributed by atoms with Crippen LogP contribution in [0.15, 0.2) is 33.5 Å². The number of thioether (sulfide) groups is 2. The molecule has 1 N–H and O–H groups in total. The zero-order chi connectivity index (χ0) is 15.1. The van der Waals surface area contributed by atoms with E-state index in [-0.39, 0.29) is 5.91 Å². The second-order valence-corrected chi connectivity index (χ2v) is 7.92. The van der Waals surface area contributed by atoms with Crippen molar-refractivity contribution in [1.29, 1.82) is 0 Å². The molecule has 0 atom stereocenters. The van der Waals surface area contributed by atoms with Crippen molar-refractivity contribution in [2.75, 3.05) is 16.8 Å². The molecular weight excluding hydrogens is 322 g/mol. The summed E-state index contributed by atoms with van der Waals surface area (Å²) in [4.78, 5) is 13.0. The van der Waals surface area contributed by atoms with E-state index in [1.54, 1.807) is 23.5 Å². The predicted octanol–water partition coefficient (Wildman–Crippen LogP) is 4.08. The van der Waals surface area contributed by atoms with Gasteiger partial charge in [0.1, 0.15) is 0 Å². The fourth-order valence-corrected chi connectivity index (χ4v) is 4.04.